The molecule has 6 nitrogen and oxygen atoms in total. The van der Waals surface area contributed by atoms with Crippen LogP contribution in [0, 0.1) is 6.92 Å². The summed E-state index contributed by atoms with van der Waals surface area (Å²) in [7, 11) is 0. The molecule has 0 radical (unpaired) electrons. The highest BCUT2D eigenvalue weighted by atomic mass is 16.5. The molecule has 28 heavy (non-hydrogen) atoms. The summed E-state index contributed by atoms with van der Waals surface area (Å²) < 4.78 is 11.2. The zero-order valence-electron chi connectivity index (χ0n) is 15.6. The van der Waals surface area contributed by atoms with Crippen LogP contribution in [0.3, 0.4) is 0 Å². The van der Waals surface area contributed by atoms with Crippen LogP contribution in [0.5, 0.6) is 5.88 Å². The first kappa shape index (κ1) is 17.9. The number of hydrogen-bond acceptors (Lipinski definition) is 6. The number of hydrogen-bond donors (Lipinski definition) is 0. The number of rotatable bonds is 7. The van der Waals surface area contributed by atoms with Crippen molar-refractivity contribution in [3.05, 3.63) is 89.8 Å². The lowest BCUT2D eigenvalue weighted by molar-refractivity contribution is 0.308. The van der Waals surface area contributed by atoms with E-state index in [-0.39, 0.29) is 0 Å². The molecule has 0 atom stereocenters. The van der Waals surface area contributed by atoms with Crippen LogP contribution in [0.4, 0.5) is 0 Å². The van der Waals surface area contributed by atoms with Gasteiger partial charge in [0, 0.05) is 60.5 Å². The highest BCUT2D eigenvalue weighted by molar-refractivity contribution is 5.59. The van der Waals surface area contributed by atoms with Gasteiger partial charge >= 0.3 is 0 Å². The number of pyridine rings is 3. The average Bonchev–Trinajstić information content (AvgIpc) is 3.19. The number of ether oxygens (including phenoxy) is 1. The molecule has 0 aliphatic carbocycles. The molecule has 0 bridgehead atoms. The van der Waals surface area contributed by atoms with E-state index in [1.54, 1.807) is 18.6 Å². The van der Waals surface area contributed by atoms with Crippen LogP contribution in [0.25, 0.3) is 11.3 Å². The molecule has 4 rings (SSSR count). The van der Waals surface area contributed by atoms with E-state index in [0.717, 1.165) is 40.4 Å². The lowest BCUT2D eigenvalue weighted by Crippen LogP contribution is -2.04. The molecular weight excluding hydrogens is 352 g/mol. The third kappa shape index (κ3) is 4.40. The minimum absolute atomic E-state index is 0.542. The molecule has 0 saturated carbocycles. The first-order chi connectivity index (χ1) is 13.8. The van der Waals surface area contributed by atoms with Crippen molar-refractivity contribution in [2.75, 3.05) is 6.61 Å². The molecule has 4 aromatic heterocycles. The average molecular weight is 372 g/mol. The van der Waals surface area contributed by atoms with Gasteiger partial charge in [-0.25, -0.2) is 4.98 Å². The lowest BCUT2D eigenvalue weighted by Gasteiger charge is -2.05. The van der Waals surface area contributed by atoms with Gasteiger partial charge in [0.15, 0.2) is 5.76 Å². The zero-order valence-corrected chi connectivity index (χ0v) is 15.6. The van der Waals surface area contributed by atoms with E-state index in [1.807, 2.05) is 55.5 Å². The molecule has 0 aliphatic rings. The maximum atomic E-state index is 5.70. The quantitative estimate of drug-likeness (QED) is 0.487. The molecule has 0 spiro atoms. The maximum absolute atomic E-state index is 5.70. The Kier molecular flexibility index (Phi) is 5.38. The zero-order chi connectivity index (χ0) is 19.2. The van der Waals surface area contributed by atoms with E-state index in [1.165, 1.54) is 0 Å². The van der Waals surface area contributed by atoms with E-state index < -0.39 is 0 Å². The summed E-state index contributed by atoms with van der Waals surface area (Å²) in [5.74, 6) is 1.33. The van der Waals surface area contributed by atoms with Crippen molar-refractivity contribution in [1.29, 1.82) is 0 Å². The van der Waals surface area contributed by atoms with Gasteiger partial charge < -0.3 is 9.26 Å². The second kappa shape index (κ2) is 8.43. The number of aryl methyl sites for hydroxylation is 1. The minimum atomic E-state index is 0.542. The van der Waals surface area contributed by atoms with E-state index >= 15 is 0 Å². The van der Waals surface area contributed by atoms with Gasteiger partial charge in [-0.3, -0.25) is 9.97 Å². The van der Waals surface area contributed by atoms with Gasteiger partial charge in [0.25, 0.3) is 0 Å². The summed E-state index contributed by atoms with van der Waals surface area (Å²) in [6.45, 7) is 2.49. The van der Waals surface area contributed by atoms with Crippen molar-refractivity contribution in [2.24, 2.45) is 0 Å². The summed E-state index contributed by atoms with van der Waals surface area (Å²) >= 11 is 0. The topological polar surface area (TPSA) is 73.9 Å². The Morgan fingerprint density at radius 3 is 2.64 bits per heavy atom. The Balaban J connectivity index is 1.34. The van der Waals surface area contributed by atoms with Gasteiger partial charge in [-0.2, -0.15) is 0 Å². The van der Waals surface area contributed by atoms with Gasteiger partial charge in [-0.05, 0) is 36.8 Å². The van der Waals surface area contributed by atoms with Crippen LogP contribution < -0.4 is 4.74 Å². The number of nitrogens with zero attached hydrogens (tertiary/aromatic N) is 4. The van der Waals surface area contributed by atoms with Crippen LogP contribution >= 0.6 is 0 Å². The Hall–Kier alpha value is -3.54. The van der Waals surface area contributed by atoms with Gasteiger partial charge in [0.05, 0.1) is 12.3 Å². The first-order valence-electron chi connectivity index (χ1n) is 9.13. The molecule has 0 aromatic carbocycles. The van der Waals surface area contributed by atoms with Crippen molar-refractivity contribution in [1.82, 2.24) is 20.1 Å². The summed E-state index contributed by atoms with van der Waals surface area (Å²) in [6.07, 6.45) is 6.75. The SMILES string of the molecule is Cc1ncccc1-c1cc(Cc2ccc(OCCc3ccccn3)nc2)no1. The third-order valence-corrected chi connectivity index (χ3v) is 4.35. The lowest BCUT2D eigenvalue weighted by atomic mass is 10.1. The smallest absolute Gasteiger partial charge is 0.213 e. The largest absolute Gasteiger partial charge is 0.477 e. The molecule has 140 valence electrons. The Labute approximate surface area is 163 Å². The Bertz CT molecular complexity index is 1030. The fourth-order valence-corrected chi connectivity index (χ4v) is 2.88. The van der Waals surface area contributed by atoms with Gasteiger partial charge in [-0.1, -0.05) is 17.3 Å². The molecule has 0 fully saturated rings. The van der Waals surface area contributed by atoms with E-state index in [9.17, 15) is 0 Å². The maximum Gasteiger partial charge on any atom is 0.213 e. The Morgan fingerprint density at radius 2 is 1.86 bits per heavy atom. The van der Waals surface area contributed by atoms with Crippen molar-refractivity contribution in [2.45, 2.75) is 19.8 Å². The van der Waals surface area contributed by atoms with Crippen LogP contribution in [0.2, 0.25) is 0 Å². The fourth-order valence-electron chi connectivity index (χ4n) is 2.88. The van der Waals surface area contributed by atoms with Gasteiger partial charge in [0.2, 0.25) is 5.88 Å². The standard InChI is InChI=1S/C22H20N4O2/c1-16-20(6-4-11-23-16)21-14-19(26-28-21)13-17-7-8-22(25-15-17)27-12-9-18-5-2-3-10-24-18/h2-8,10-11,14-15H,9,12-13H2,1H3. The van der Waals surface area contributed by atoms with Gasteiger partial charge in [-0.15, -0.1) is 0 Å². The molecule has 0 amide bonds. The normalized spacial score (nSPS) is 10.8. The second-order valence-electron chi connectivity index (χ2n) is 6.42. The predicted octanol–water partition coefficient (Wildman–Crippen LogP) is 4.05. The van der Waals surface area contributed by atoms with Crippen LogP contribution in [0.1, 0.15) is 22.6 Å². The molecule has 0 aliphatic heterocycles. The van der Waals surface area contributed by atoms with Gasteiger partial charge in [0.1, 0.15) is 0 Å². The molecule has 6 heteroatoms. The van der Waals surface area contributed by atoms with E-state index in [4.69, 9.17) is 9.26 Å². The predicted molar refractivity (Wildman–Crippen MR) is 105 cm³/mol. The molecular formula is C22H20N4O2. The van der Waals surface area contributed by atoms with Crippen molar-refractivity contribution >= 4 is 0 Å². The molecule has 4 aromatic rings. The third-order valence-electron chi connectivity index (χ3n) is 4.35. The molecule has 0 N–H and O–H groups in total. The Morgan fingerprint density at radius 1 is 0.929 bits per heavy atom. The monoisotopic (exact) mass is 372 g/mol. The van der Waals surface area contributed by atoms with Crippen molar-refractivity contribution in [3.8, 4) is 17.2 Å². The number of aromatic nitrogens is 4. The highest BCUT2D eigenvalue weighted by Crippen LogP contribution is 2.23. The summed E-state index contributed by atoms with van der Waals surface area (Å²) in [4.78, 5) is 12.9. The first-order valence-corrected chi connectivity index (χ1v) is 9.13. The summed E-state index contributed by atoms with van der Waals surface area (Å²) in [5.41, 5.74) is 4.77. The van der Waals surface area contributed by atoms with Crippen LogP contribution in [-0.2, 0) is 12.8 Å². The minimum Gasteiger partial charge on any atom is -0.477 e. The summed E-state index contributed by atoms with van der Waals surface area (Å²) in [6, 6.07) is 15.5. The van der Waals surface area contributed by atoms with Crippen LogP contribution in [0.15, 0.2) is 71.6 Å². The fraction of sp³-hybridized carbons (Fsp3) is 0.182. The summed E-state index contributed by atoms with van der Waals surface area (Å²) in [5, 5.41) is 4.17. The van der Waals surface area contributed by atoms with Crippen LogP contribution in [-0.4, -0.2) is 26.7 Å². The molecule has 4 heterocycles. The van der Waals surface area contributed by atoms with E-state index in [2.05, 4.69) is 20.1 Å². The highest BCUT2D eigenvalue weighted by Gasteiger charge is 2.10. The second-order valence-corrected chi connectivity index (χ2v) is 6.42. The molecule has 0 saturated heterocycles. The van der Waals surface area contributed by atoms with Crippen molar-refractivity contribution < 1.29 is 9.26 Å². The van der Waals surface area contributed by atoms with E-state index in [0.29, 0.717) is 18.9 Å². The van der Waals surface area contributed by atoms with Crippen molar-refractivity contribution in [3.63, 3.8) is 0 Å². The molecule has 0 unspecified atom stereocenters.